The first-order chi connectivity index (χ1) is 9.78. The third kappa shape index (κ3) is 3.57. The summed E-state index contributed by atoms with van der Waals surface area (Å²) in [6, 6.07) is 0. The van der Waals surface area contributed by atoms with Crippen LogP contribution in [0, 0.1) is 0 Å². The van der Waals surface area contributed by atoms with Gasteiger partial charge in [0.2, 0.25) is 0 Å². The number of carbonyl (C=O) groups excluding carboxylic acids is 1. The maximum atomic E-state index is 11.4. The molecule has 12 heteroatoms. The Bertz CT molecular complexity index is 613. The SMILES string of the molecule is CNC(=O)OC1=C(Cl)C(Cl)=C(Cl)C(C)(Cl)C1(C)OP(=O)([O-])[O-]. The van der Waals surface area contributed by atoms with Crippen LogP contribution in [0.4, 0.5) is 4.79 Å². The fourth-order valence-corrected chi connectivity index (χ4v) is 3.62. The summed E-state index contributed by atoms with van der Waals surface area (Å²) in [5.74, 6) is -0.563. The summed E-state index contributed by atoms with van der Waals surface area (Å²) >= 11 is 24.0. The molecule has 1 aliphatic rings. The van der Waals surface area contributed by atoms with E-state index in [9.17, 15) is 19.1 Å². The molecule has 0 aromatic rings. The van der Waals surface area contributed by atoms with E-state index in [1.54, 1.807) is 0 Å². The van der Waals surface area contributed by atoms with Gasteiger partial charge >= 0.3 is 6.09 Å². The van der Waals surface area contributed by atoms with Gasteiger partial charge in [0.25, 0.3) is 0 Å². The van der Waals surface area contributed by atoms with E-state index in [1.807, 2.05) is 0 Å². The van der Waals surface area contributed by atoms with E-state index in [0.29, 0.717) is 0 Å². The van der Waals surface area contributed by atoms with Gasteiger partial charge in [-0.1, -0.05) is 34.8 Å². The Kier molecular flexibility index (Phi) is 5.92. The molecule has 1 amide bonds. The molecule has 1 rings (SSSR count). The van der Waals surface area contributed by atoms with E-state index in [4.69, 9.17) is 51.1 Å². The molecule has 2 atom stereocenters. The number of allylic oxidation sites excluding steroid dienone is 2. The highest BCUT2D eigenvalue weighted by Crippen LogP contribution is 2.56. The lowest BCUT2D eigenvalue weighted by Gasteiger charge is -2.49. The third-order valence-corrected chi connectivity index (χ3v) is 5.75. The van der Waals surface area contributed by atoms with Crippen molar-refractivity contribution in [3.63, 3.8) is 0 Å². The van der Waals surface area contributed by atoms with Gasteiger partial charge in [0, 0.05) is 7.05 Å². The Morgan fingerprint density at radius 3 is 2.14 bits per heavy atom. The topological polar surface area (TPSA) is 111 Å². The summed E-state index contributed by atoms with van der Waals surface area (Å²) in [5, 5.41) is 1.16. The monoisotopic (exact) mass is 411 g/mol. The Balaban J connectivity index is 3.60. The molecule has 0 fully saturated rings. The number of carbonyl (C=O) groups is 1. The molecule has 0 saturated heterocycles. The molecule has 2 unspecified atom stereocenters. The quantitative estimate of drug-likeness (QED) is 0.561. The van der Waals surface area contributed by atoms with Crippen molar-refractivity contribution in [3.05, 3.63) is 20.9 Å². The van der Waals surface area contributed by atoms with Gasteiger partial charge in [-0.25, -0.2) is 4.79 Å². The van der Waals surface area contributed by atoms with E-state index < -0.39 is 35.2 Å². The molecule has 0 aromatic heterocycles. The number of phosphoric acid groups is 1. The van der Waals surface area contributed by atoms with Crippen LogP contribution in [0.1, 0.15) is 13.8 Å². The van der Waals surface area contributed by atoms with Gasteiger partial charge in [0.1, 0.15) is 9.91 Å². The standard InChI is InChI=1S/C10H12Cl4NO6P/c1-9(14)6(13)4(11)5(12)7(20-8(16)15-3)10(9,2)21-22(17,18)19/h1-3H3,(H,15,16)(H2,17,18,19)/p-2. The van der Waals surface area contributed by atoms with E-state index in [-0.39, 0.29) is 10.1 Å². The fraction of sp³-hybridized carbons (Fsp3) is 0.500. The van der Waals surface area contributed by atoms with Gasteiger partial charge in [-0.15, -0.1) is 11.6 Å². The second-order valence-corrected chi connectivity index (χ2v) is 7.45. The highest BCUT2D eigenvalue weighted by atomic mass is 35.5. The Morgan fingerprint density at radius 1 is 1.23 bits per heavy atom. The molecule has 0 saturated carbocycles. The normalized spacial score (nSPS) is 29.7. The van der Waals surface area contributed by atoms with Gasteiger partial charge in [-0.2, -0.15) is 0 Å². The van der Waals surface area contributed by atoms with Crippen LogP contribution in [0.3, 0.4) is 0 Å². The lowest BCUT2D eigenvalue weighted by molar-refractivity contribution is -0.349. The van der Waals surface area contributed by atoms with Crippen molar-refractivity contribution in [2.45, 2.75) is 24.3 Å². The van der Waals surface area contributed by atoms with E-state index in [1.165, 1.54) is 14.0 Å². The molecule has 0 aliphatic heterocycles. The zero-order valence-electron chi connectivity index (χ0n) is 11.4. The zero-order valence-corrected chi connectivity index (χ0v) is 15.3. The van der Waals surface area contributed by atoms with Crippen LogP contribution in [-0.4, -0.2) is 23.6 Å². The Hall–Kier alpha value is 0.0200. The zero-order chi connectivity index (χ0) is 17.5. The van der Waals surface area contributed by atoms with Crippen LogP contribution in [-0.2, 0) is 13.8 Å². The van der Waals surface area contributed by atoms with Crippen molar-refractivity contribution in [3.8, 4) is 0 Å². The molecular formula is C10H10Cl4NO6P-2. The number of alkyl carbamates (subject to hydrolysis) is 1. The summed E-state index contributed by atoms with van der Waals surface area (Å²) in [4.78, 5) is 31.7. The second-order valence-electron chi connectivity index (χ2n) is 4.49. The smallest absolute Gasteiger partial charge is 0.412 e. The minimum atomic E-state index is -5.55. The number of ether oxygens (including phenoxy) is 1. The number of hydrogen-bond donors (Lipinski definition) is 1. The lowest BCUT2D eigenvalue weighted by Crippen LogP contribution is -2.54. The molecule has 0 bridgehead atoms. The summed E-state index contributed by atoms with van der Waals surface area (Å²) in [5.41, 5.74) is -2.20. The van der Waals surface area contributed by atoms with Gasteiger partial charge in [0.15, 0.2) is 11.4 Å². The van der Waals surface area contributed by atoms with E-state index in [2.05, 4.69) is 9.84 Å². The van der Waals surface area contributed by atoms with Crippen molar-refractivity contribution < 1.29 is 28.4 Å². The number of halogens is 4. The van der Waals surface area contributed by atoms with Crippen LogP contribution in [0.5, 0.6) is 0 Å². The fourth-order valence-electron chi connectivity index (χ4n) is 1.67. The third-order valence-electron chi connectivity index (χ3n) is 3.02. The maximum absolute atomic E-state index is 11.4. The Labute approximate surface area is 146 Å². The molecule has 7 nitrogen and oxygen atoms in total. The first kappa shape index (κ1) is 20.1. The van der Waals surface area contributed by atoms with Crippen LogP contribution >= 0.6 is 54.2 Å². The average molecular weight is 413 g/mol. The number of phosphoric ester groups is 1. The minimum absolute atomic E-state index is 0.271. The van der Waals surface area contributed by atoms with E-state index in [0.717, 1.165) is 6.92 Å². The van der Waals surface area contributed by atoms with Crippen molar-refractivity contribution in [1.82, 2.24) is 5.32 Å². The number of alkyl halides is 1. The van der Waals surface area contributed by atoms with Gasteiger partial charge in [-0.3, -0.25) is 0 Å². The van der Waals surface area contributed by atoms with Crippen molar-refractivity contribution in [1.29, 1.82) is 0 Å². The molecule has 1 N–H and O–H groups in total. The minimum Gasteiger partial charge on any atom is -0.790 e. The predicted octanol–water partition coefficient (Wildman–Crippen LogP) is 2.10. The van der Waals surface area contributed by atoms with Gasteiger partial charge < -0.3 is 28.9 Å². The summed E-state index contributed by atoms with van der Waals surface area (Å²) in [6.07, 6.45) is -1.01. The van der Waals surface area contributed by atoms with Crippen LogP contribution in [0.25, 0.3) is 0 Å². The highest BCUT2D eigenvalue weighted by molar-refractivity contribution is 7.43. The first-order valence-electron chi connectivity index (χ1n) is 5.55. The molecular weight excluding hydrogens is 403 g/mol. The Morgan fingerprint density at radius 2 is 1.73 bits per heavy atom. The summed E-state index contributed by atoms with van der Waals surface area (Å²) in [7, 11) is -4.31. The van der Waals surface area contributed by atoms with Gasteiger partial charge in [-0.05, 0) is 13.8 Å². The predicted molar refractivity (Wildman–Crippen MR) is 78.5 cm³/mol. The average Bonchev–Trinajstić information content (AvgIpc) is 2.38. The summed E-state index contributed by atoms with van der Waals surface area (Å²) < 4.78 is 20.5. The lowest BCUT2D eigenvalue weighted by atomic mass is 9.83. The number of amides is 1. The molecule has 126 valence electrons. The molecule has 0 spiro atoms. The van der Waals surface area contributed by atoms with Crippen LogP contribution in [0.15, 0.2) is 20.9 Å². The van der Waals surface area contributed by atoms with Crippen LogP contribution in [0.2, 0.25) is 0 Å². The molecule has 1 aliphatic carbocycles. The molecule has 0 heterocycles. The molecule has 0 radical (unpaired) electrons. The maximum Gasteiger partial charge on any atom is 0.412 e. The van der Waals surface area contributed by atoms with Crippen molar-refractivity contribution >= 4 is 60.3 Å². The van der Waals surface area contributed by atoms with Gasteiger partial charge in [0.05, 0.1) is 17.9 Å². The number of hydrogen-bond acceptors (Lipinski definition) is 6. The number of rotatable bonds is 3. The number of nitrogens with one attached hydrogen (secondary N) is 1. The summed E-state index contributed by atoms with van der Waals surface area (Å²) in [6.45, 7) is 2.31. The van der Waals surface area contributed by atoms with Crippen LogP contribution < -0.4 is 15.1 Å². The van der Waals surface area contributed by atoms with E-state index >= 15 is 0 Å². The largest absolute Gasteiger partial charge is 0.790 e. The van der Waals surface area contributed by atoms with Crippen molar-refractivity contribution in [2.75, 3.05) is 7.05 Å². The highest BCUT2D eigenvalue weighted by Gasteiger charge is 2.57. The first-order valence-corrected chi connectivity index (χ1v) is 8.53. The second kappa shape index (κ2) is 6.49. The molecule has 0 aromatic carbocycles. The molecule has 22 heavy (non-hydrogen) atoms. The van der Waals surface area contributed by atoms with Crippen molar-refractivity contribution in [2.24, 2.45) is 0 Å².